The number of urea groups is 1. The summed E-state index contributed by atoms with van der Waals surface area (Å²) in [6.45, 7) is 6.83. The van der Waals surface area contributed by atoms with Crippen LogP contribution in [0.2, 0.25) is 0 Å². The highest BCUT2D eigenvalue weighted by Gasteiger charge is 2.34. The lowest BCUT2D eigenvalue weighted by Gasteiger charge is -2.36. The molecular weight excluding hydrogens is 382 g/mol. The second-order valence-electron chi connectivity index (χ2n) is 8.57. The van der Waals surface area contributed by atoms with Crippen LogP contribution < -0.4 is 5.32 Å². The number of hydrogen-bond acceptors (Lipinski definition) is 1. The van der Waals surface area contributed by atoms with Crippen LogP contribution >= 0.6 is 0 Å². The molecule has 4 heteroatoms. The molecule has 31 heavy (non-hydrogen) atoms. The quantitative estimate of drug-likeness (QED) is 0.402. The van der Waals surface area contributed by atoms with Crippen LogP contribution in [0, 0.1) is 20.8 Å². The average Bonchev–Trinajstić information content (AvgIpc) is 3.15. The van der Waals surface area contributed by atoms with Crippen molar-refractivity contribution in [1.82, 2.24) is 9.88 Å². The van der Waals surface area contributed by atoms with Gasteiger partial charge in [-0.1, -0.05) is 60.2 Å². The van der Waals surface area contributed by atoms with Crippen LogP contribution in [0.4, 0.5) is 10.5 Å². The molecule has 0 saturated heterocycles. The molecule has 2 heterocycles. The molecule has 156 valence electrons. The van der Waals surface area contributed by atoms with Crippen LogP contribution in [0.15, 0.2) is 66.7 Å². The van der Waals surface area contributed by atoms with Crippen molar-refractivity contribution in [2.24, 2.45) is 0 Å². The van der Waals surface area contributed by atoms with E-state index in [1.54, 1.807) is 0 Å². The van der Waals surface area contributed by atoms with Gasteiger partial charge >= 0.3 is 6.03 Å². The van der Waals surface area contributed by atoms with Crippen molar-refractivity contribution in [2.75, 3.05) is 11.9 Å². The van der Waals surface area contributed by atoms with E-state index in [-0.39, 0.29) is 12.1 Å². The van der Waals surface area contributed by atoms with E-state index in [1.807, 2.05) is 24.8 Å². The number of anilines is 1. The number of aromatic nitrogens is 1. The number of nitrogens with one attached hydrogen (secondary N) is 2. The third kappa shape index (κ3) is 3.48. The van der Waals surface area contributed by atoms with E-state index >= 15 is 0 Å². The Morgan fingerprint density at radius 2 is 1.71 bits per heavy atom. The first-order valence-corrected chi connectivity index (χ1v) is 10.8. The first-order chi connectivity index (χ1) is 15.0. The van der Waals surface area contributed by atoms with Gasteiger partial charge in [-0.25, -0.2) is 4.79 Å². The van der Waals surface area contributed by atoms with Gasteiger partial charge in [0.25, 0.3) is 0 Å². The maximum absolute atomic E-state index is 13.5. The van der Waals surface area contributed by atoms with E-state index in [1.165, 1.54) is 16.5 Å². The summed E-state index contributed by atoms with van der Waals surface area (Å²) in [6.07, 6.45) is 0.835. The van der Waals surface area contributed by atoms with E-state index in [0.717, 1.165) is 40.0 Å². The predicted octanol–water partition coefficient (Wildman–Crippen LogP) is 6.27. The summed E-state index contributed by atoms with van der Waals surface area (Å²) in [5.41, 5.74) is 8.96. The van der Waals surface area contributed by atoms with E-state index in [2.05, 4.69) is 77.9 Å². The van der Waals surface area contributed by atoms with Gasteiger partial charge in [-0.15, -0.1) is 0 Å². The van der Waals surface area contributed by atoms with E-state index in [4.69, 9.17) is 0 Å². The molecule has 0 saturated carbocycles. The van der Waals surface area contributed by atoms with Crippen molar-refractivity contribution in [3.8, 4) is 0 Å². The highest BCUT2D eigenvalue weighted by molar-refractivity contribution is 5.92. The van der Waals surface area contributed by atoms with Crippen LogP contribution in [-0.2, 0) is 6.42 Å². The van der Waals surface area contributed by atoms with Gasteiger partial charge in [0, 0.05) is 28.8 Å². The van der Waals surface area contributed by atoms with E-state index < -0.39 is 0 Å². The van der Waals surface area contributed by atoms with E-state index in [0.29, 0.717) is 6.54 Å². The first-order valence-electron chi connectivity index (χ1n) is 10.8. The fraction of sp³-hybridized carbons (Fsp3) is 0.222. The minimum atomic E-state index is -0.151. The average molecular weight is 410 g/mol. The molecule has 0 radical (unpaired) electrons. The standard InChI is InChI=1S/C27H27N3O/c1-17-9-12-20(13-10-17)26-25-22(21-6-4-5-7-23(21)28-25)14-15-30(26)27(31)29-24-16-18(2)8-11-19(24)3/h4-13,16,26,28H,14-15H2,1-3H3,(H,29,31). The predicted molar refractivity (Wildman–Crippen MR) is 127 cm³/mol. The van der Waals surface area contributed by atoms with Gasteiger partial charge in [-0.05, 0) is 61.6 Å². The number of carbonyl (C=O) groups excluding carboxylic acids is 1. The zero-order valence-electron chi connectivity index (χ0n) is 18.2. The number of amides is 2. The fourth-order valence-corrected chi connectivity index (χ4v) is 4.61. The molecule has 2 amide bonds. The molecular formula is C27H27N3O. The Kier molecular flexibility index (Phi) is 4.78. The molecule has 1 aliphatic rings. The highest BCUT2D eigenvalue weighted by atomic mass is 16.2. The normalized spacial score (nSPS) is 15.7. The van der Waals surface area contributed by atoms with Gasteiger partial charge in [0.05, 0.1) is 6.04 Å². The van der Waals surface area contributed by atoms with Gasteiger partial charge in [-0.3, -0.25) is 0 Å². The van der Waals surface area contributed by atoms with Crippen molar-refractivity contribution in [3.63, 3.8) is 0 Å². The lowest BCUT2D eigenvalue weighted by atomic mass is 9.92. The van der Waals surface area contributed by atoms with E-state index in [9.17, 15) is 4.79 Å². The highest BCUT2D eigenvalue weighted by Crippen LogP contribution is 2.38. The Labute approximate surface area is 182 Å². The number of hydrogen-bond donors (Lipinski definition) is 2. The van der Waals surface area contributed by atoms with Crippen molar-refractivity contribution in [1.29, 1.82) is 0 Å². The van der Waals surface area contributed by atoms with Gasteiger partial charge in [0.2, 0.25) is 0 Å². The summed E-state index contributed by atoms with van der Waals surface area (Å²) in [5.74, 6) is 0. The second-order valence-corrected chi connectivity index (χ2v) is 8.57. The molecule has 3 aromatic carbocycles. The number of fused-ring (bicyclic) bond motifs is 3. The smallest absolute Gasteiger partial charge is 0.322 e. The van der Waals surface area contributed by atoms with Gasteiger partial charge in [0.15, 0.2) is 0 Å². The zero-order valence-corrected chi connectivity index (χ0v) is 18.2. The third-order valence-electron chi connectivity index (χ3n) is 6.32. The summed E-state index contributed by atoms with van der Waals surface area (Å²) in [6, 6.07) is 22.9. The minimum absolute atomic E-state index is 0.0661. The molecule has 1 unspecified atom stereocenters. The Bertz CT molecular complexity index is 1270. The Hall–Kier alpha value is -3.53. The van der Waals surface area contributed by atoms with Crippen LogP contribution in [-0.4, -0.2) is 22.5 Å². The molecule has 1 atom stereocenters. The number of benzene rings is 3. The minimum Gasteiger partial charge on any atom is -0.356 e. The van der Waals surface area contributed by atoms with Gasteiger partial charge < -0.3 is 15.2 Å². The van der Waals surface area contributed by atoms with Crippen molar-refractivity contribution < 1.29 is 4.79 Å². The maximum atomic E-state index is 13.5. The Morgan fingerprint density at radius 1 is 0.968 bits per heavy atom. The van der Waals surface area contributed by atoms with Gasteiger partial charge in [-0.2, -0.15) is 0 Å². The molecule has 0 spiro atoms. The molecule has 5 rings (SSSR count). The summed E-state index contributed by atoms with van der Waals surface area (Å²) >= 11 is 0. The lowest BCUT2D eigenvalue weighted by molar-refractivity contribution is 0.193. The summed E-state index contributed by atoms with van der Waals surface area (Å²) in [7, 11) is 0. The molecule has 1 aromatic heterocycles. The molecule has 4 aromatic rings. The largest absolute Gasteiger partial charge is 0.356 e. The second kappa shape index (κ2) is 7.62. The molecule has 1 aliphatic heterocycles. The molecule has 0 bridgehead atoms. The number of H-pyrrole nitrogens is 1. The molecule has 2 N–H and O–H groups in total. The number of aromatic amines is 1. The summed E-state index contributed by atoms with van der Waals surface area (Å²) < 4.78 is 0. The lowest BCUT2D eigenvalue weighted by Crippen LogP contribution is -2.43. The molecule has 4 nitrogen and oxygen atoms in total. The number of para-hydroxylation sites is 1. The van der Waals surface area contributed by atoms with Crippen LogP contribution in [0.5, 0.6) is 0 Å². The third-order valence-corrected chi connectivity index (χ3v) is 6.32. The molecule has 0 aliphatic carbocycles. The van der Waals surface area contributed by atoms with Crippen LogP contribution in [0.25, 0.3) is 10.9 Å². The summed E-state index contributed by atoms with van der Waals surface area (Å²) in [4.78, 5) is 19.1. The van der Waals surface area contributed by atoms with Crippen LogP contribution in [0.1, 0.15) is 39.6 Å². The van der Waals surface area contributed by atoms with Crippen molar-refractivity contribution >= 4 is 22.6 Å². The monoisotopic (exact) mass is 409 g/mol. The number of carbonyl (C=O) groups is 1. The maximum Gasteiger partial charge on any atom is 0.322 e. The van der Waals surface area contributed by atoms with Crippen LogP contribution in [0.3, 0.4) is 0 Å². The fourth-order valence-electron chi connectivity index (χ4n) is 4.61. The molecule has 0 fully saturated rings. The Morgan fingerprint density at radius 3 is 2.52 bits per heavy atom. The van der Waals surface area contributed by atoms with Crippen molar-refractivity contribution in [3.05, 3.63) is 100 Å². The topological polar surface area (TPSA) is 48.1 Å². The summed E-state index contributed by atoms with van der Waals surface area (Å²) in [5, 5.41) is 4.42. The Balaban J connectivity index is 1.58. The number of aryl methyl sites for hydroxylation is 3. The SMILES string of the molecule is Cc1ccc(C2c3[nH]c4ccccc4c3CCN2C(=O)Nc2cc(C)ccc2C)cc1. The van der Waals surface area contributed by atoms with Gasteiger partial charge in [0.1, 0.15) is 0 Å². The number of nitrogens with zero attached hydrogens (tertiary/aromatic N) is 1. The first kappa shape index (κ1) is 19.4. The zero-order chi connectivity index (χ0) is 21.5. The van der Waals surface area contributed by atoms with Crippen molar-refractivity contribution in [2.45, 2.75) is 33.2 Å². The number of rotatable bonds is 2.